The number of carbonyl (C=O) groups is 2. The molecule has 0 bridgehead atoms. The highest BCUT2D eigenvalue weighted by molar-refractivity contribution is 5.95. The summed E-state index contributed by atoms with van der Waals surface area (Å²) < 4.78 is 73.8. The average Bonchev–Trinajstić information content (AvgIpc) is 3.42. The number of nitrogens with zero attached hydrogens (tertiary/aromatic N) is 3. The van der Waals surface area contributed by atoms with Gasteiger partial charge in [-0.1, -0.05) is 18.2 Å². The SMILES string of the molecule is Nc1ccc(C=CC(=O)NCc2ncc(-c3ccc(-c4ccc(C(=O)N5CC(F)(F)C5)cc4)cc3C(F)(F)F)o2)cn1. The van der Waals surface area contributed by atoms with Crippen LogP contribution in [0, 0.1) is 0 Å². The number of oxazole rings is 1. The summed E-state index contributed by atoms with van der Waals surface area (Å²) in [4.78, 5) is 33.3. The lowest BCUT2D eigenvalue weighted by Crippen LogP contribution is -2.58. The molecule has 42 heavy (non-hydrogen) atoms. The molecule has 4 aromatic rings. The van der Waals surface area contributed by atoms with Crippen LogP contribution >= 0.6 is 0 Å². The van der Waals surface area contributed by atoms with E-state index in [9.17, 15) is 31.5 Å². The second kappa shape index (κ2) is 11.1. The molecule has 0 atom stereocenters. The van der Waals surface area contributed by atoms with E-state index in [1.807, 2.05) is 0 Å². The van der Waals surface area contributed by atoms with E-state index < -0.39 is 42.6 Å². The number of nitrogen functional groups attached to an aromatic ring is 1. The summed E-state index contributed by atoms with van der Waals surface area (Å²) in [5.41, 5.74) is 5.69. The summed E-state index contributed by atoms with van der Waals surface area (Å²) in [6, 6.07) is 12.6. The molecule has 0 spiro atoms. The lowest BCUT2D eigenvalue weighted by molar-refractivity contribution is -0.137. The molecule has 216 valence electrons. The molecule has 2 aromatic heterocycles. The van der Waals surface area contributed by atoms with Crippen molar-refractivity contribution in [2.45, 2.75) is 18.6 Å². The van der Waals surface area contributed by atoms with Crippen LogP contribution in [0.2, 0.25) is 0 Å². The Morgan fingerprint density at radius 2 is 1.71 bits per heavy atom. The molecule has 0 unspecified atom stereocenters. The van der Waals surface area contributed by atoms with E-state index in [4.69, 9.17) is 10.2 Å². The van der Waals surface area contributed by atoms with E-state index in [1.165, 1.54) is 54.7 Å². The van der Waals surface area contributed by atoms with Gasteiger partial charge < -0.3 is 20.4 Å². The third-order valence-electron chi connectivity index (χ3n) is 6.39. The van der Waals surface area contributed by atoms with E-state index >= 15 is 0 Å². The van der Waals surface area contributed by atoms with Gasteiger partial charge >= 0.3 is 6.18 Å². The Hall–Kier alpha value is -5.07. The number of nitrogens with one attached hydrogen (secondary N) is 1. The van der Waals surface area contributed by atoms with E-state index in [0.717, 1.165) is 17.2 Å². The highest BCUT2D eigenvalue weighted by atomic mass is 19.4. The van der Waals surface area contributed by atoms with Gasteiger partial charge in [0.25, 0.3) is 11.8 Å². The fraction of sp³-hybridized carbons (Fsp3) is 0.172. The molecule has 1 aliphatic heterocycles. The zero-order valence-electron chi connectivity index (χ0n) is 21.7. The predicted molar refractivity (Wildman–Crippen MR) is 143 cm³/mol. The molecule has 13 heteroatoms. The fourth-order valence-corrected chi connectivity index (χ4v) is 4.24. The molecule has 8 nitrogen and oxygen atoms in total. The molecule has 0 saturated carbocycles. The Bertz CT molecular complexity index is 1640. The zero-order chi connectivity index (χ0) is 30.1. The smallest absolute Gasteiger partial charge is 0.417 e. The molecule has 2 amide bonds. The Morgan fingerprint density at radius 3 is 2.36 bits per heavy atom. The molecule has 3 N–H and O–H groups in total. The molecule has 0 aliphatic carbocycles. The summed E-state index contributed by atoms with van der Waals surface area (Å²) in [6.07, 6.45) is 0.648. The predicted octanol–water partition coefficient (Wildman–Crippen LogP) is 5.43. The Balaban J connectivity index is 1.28. The first-order valence-corrected chi connectivity index (χ1v) is 12.5. The summed E-state index contributed by atoms with van der Waals surface area (Å²) in [7, 11) is 0. The molecule has 1 aliphatic rings. The van der Waals surface area contributed by atoms with Crippen LogP contribution in [0.25, 0.3) is 28.5 Å². The van der Waals surface area contributed by atoms with Gasteiger partial charge in [0.05, 0.1) is 31.4 Å². The third kappa shape index (κ3) is 6.45. The van der Waals surface area contributed by atoms with Gasteiger partial charge in [0.2, 0.25) is 11.8 Å². The van der Waals surface area contributed by atoms with Crippen LogP contribution in [0.5, 0.6) is 0 Å². The van der Waals surface area contributed by atoms with Crippen molar-refractivity contribution < 1.29 is 36.0 Å². The van der Waals surface area contributed by atoms with Crippen LogP contribution in [-0.4, -0.2) is 45.7 Å². The molecule has 0 radical (unpaired) electrons. The lowest BCUT2D eigenvalue weighted by atomic mass is 9.97. The summed E-state index contributed by atoms with van der Waals surface area (Å²) in [6.45, 7) is -1.50. The van der Waals surface area contributed by atoms with Crippen molar-refractivity contribution in [3.63, 3.8) is 0 Å². The minimum atomic E-state index is -4.74. The number of amides is 2. The molecule has 1 saturated heterocycles. The maximum Gasteiger partial charge on any atom is 0.417 e. The number of pyridine rings is 1. The first-order valence-electron chi connectivity index (χ1n) is 12.5. The van der Waals surface area contributed by atoms with Crippen LogP contribution in [0.1, 0.15) is 27.4 Å². The van der Waals surface area contributed by atoms with Crippen molar-refractivity contribution >= 4 is 23.7 Å². The number of benzene rings is 2. The average molecular weight is 584 g/mol. The number of hydrogen-bond acceptors (Lipinski definition) is 6. The maximum absolute atomic E-state index is 14.1. The maximum atomic E-state index is 14.1. The van der Waals surface area contributed by atoms with Gasteiger partial charge in [-0.2, -0.15) is 13.2 Å². The third-order valence-corrected chi connectivity index (χ3v) is 6.39. The van der Waals surface area contributed by atoms with Crippen molar-refractivity contribution in [1.29, 1.82) is 0 Å². The van der Waals surface area contributed by atoms with Crippen LogP contribution in [-0.2, 0) is 17.5 Å². The van der Waals surface area contributed by atoms with E-state index in [1.54, 1.807) is 12.1 Å². The number of likely N-dealkylation sites (tertiary alicyclic amines) is 1. The monoisotopic (exact) mass is 583 g/mol. The second-order valence-corrected chi connectivity index (χ2v) is 9.54. The highest BCUT2D eigenvalue weighted by Gasteiger charge is 2.46. The van der Waals surface area contributed by atoms with E-state index in [0.29, 0.717) is 16.9 Å². The number of carbonyl (C=O) groups excluding carboxylic acids is 2. The first-order chi connectivity index (χ1) is 19.9. The molecule has 3 heterocycles. The van der Waals surface area contributed by atoms with Gasteiger partial charge in [-0.15, -0.1) is 0 Å². The lowest BCUT2D eigenvalue weighted by Gasteiger charge is -2.38. The Labute approximate surface area is 235 Å². The van der Waals surface area contributed by atoms with Gasteiger partial charge in [0.1, 0.15) is 5.82 Å². The van der Waals surface area contributed by atoms with E-state index in [2.05, 4.69) is 15.3 Å². The summed E-state index contributed by atoms with van der Waals surface area (Å²) in [5.74, 6) is -3.78. The molecule has 1 fully saturated rings. The van der Waals surface area contributed by atoms with Crippen LogP contribution < -0.4 is 11.1 Å². The van der Waals surface area contributed by atoms with Crippen LogP contribution in [0.15, 0.2) is 77.5 Å². The van der Waals surface area contributed by atoms with Gasteiger partial charge in [-0.05, 0) is 59.2 Å². The minimum absolute atomic E-state index is 0.00155. The number of rotatable bonds is 7. The van der Waals surface area contributed by atoms with Gasteiger partial charge in [0, 0.05) is 23.4 Å². The normalized spacial score (nSPS) is 14.5. The quantitative estimate of drug-likeness (QED) is 0.222. The summed E-state index contributed by atoms with van der Waals surface area (Å²) >= 11 is 0. The van der Waals surface area contributed by atoms with Crippen molar-refractivity contribution in [3.8, 4) is 22.5 Å². The van der Waals surface area contributed by atoms with Crippen molar-refractivity contribution in [2.75, 3.05) is 18.8 Å². The first kappa shape index (κ1) is 28.5. The second-order valence-electron chi connectivity index (χ2n) is 9.54. The van der Waals surface area contributed by atoms with Crippen LogP contribution in [0.4, 0.5) is 27.8 Å². The van der Waals surface area contributed by atoms with E-state index in [-0.39, 0.29) is 34.9 Å². The number of aromatic nitrogens is 2. The highest BCUT2D eigenvalue weighted by Crippen LogP contribution is 2.40. The number of anilines is 1. The Morgan fingerprint density at radius 1 is 1.00 bits per heavy atom. The molecule has 5 rings (SSSR count). The standard InChI is InChI=1S/C29H22F5N5O3/c30-28(31)15-39(16-28)27(41)19-5-3-18(4-6-19)20-7-8-21(22(11-20)29(32,33)34)23-13-38-26(42-23)14-37-25(40)10-2-17-1-9-24(35)36-12-17/h1-13H,14-16H2,(H2,35,36)(H,37,40). The Kier molecular flexibility index (Phi) is 7.50. The van der Waals surface area contributed by atoms with Crippen LogP contribution in [0.3, 0.4) is 0 Å². The largest absolute Gasteiger partial charge is 0.439 e. The van der Waals surface area contributed by atoms with Crippen molar-refractivity contribution in [1.82, 2.24) is 20.2 Å². The number of hydrogen-bond donors (Lipinski definition) is 2. The topological polar surface area (TPSA) is 114 Å². The number of nitrogens with two attached hydrogens (primary N) is 1. The summed E-state index contributed by atoms with van der Waals surface area (Å²) in [5, 5.41) is 2.54. The van der Waals surface area contributed by atoms with Crippen molar-refractivity contribution in [2.24, 2.45) is 0 Å². The fourth-order valence-electron chi connectivity index (χ4n) is 4.24. The molecular formula is C29H22F5N5O3. The zero-order valence-corrected chi connectivity index (χ0v) is 21.7. The molecule has 2 aromatic carbocycles. The molecular weight excluding hydrogens is 561 g/mol. The van der Waals surface area contributed by atoms with Gasteiger partial charge in [-0.25, -0.2) is 18.7 Å². The number of halogens is 5. The number of alkyl halides is 5. The van der Waals surface area contributed by atoms with Crippen molar-refractivity contribution in [3.05, 3.63) is 95.6 Å². The van der Waals surface area contributed by atoms with Gasteiger partial charge in [-0.3, -0.25) is 9.59 Å². The minimum Gasteiger partial charge on any atom is -0.439 e. The van der Waals surface area contributed by atoms with Gasteiger partial charge in [0.15, 0.2) is 5.76 Å².